The summed E-state index contributed by atoms with van der Waals surface area (Å²) in [6.45, 7) is 8.53. The fraction of sp³-hybridized carbons (Fsp3) is 0.905. The van der Waals surface area contributed by atoms with Crippen molar-refractivity contribution in [2.45, 2.75) is 89.9 Å². The second kappa shape index (κ2) is 8.30. The third-order valence-electron chi connectivity index (χ3n) is 7.39. The Morgan fingerprint density at radius 2 is 1.82 bits per heavy atom. The molecule has 28 heavy (non-hydrogen) atoms. The molecule has 1 heterocycles. The molecule has 10 atom stereocenters. The lowest BCUT2D eigenvalue weighted by Crippen LogP contribution is -2.60. The van der Waals surface area contributed by atoms with Crippen molar-refractivity contribution in [3.8, 4) is 0 Å². The van der Waals surface area contributed by atoms with Gasteiger partial charge in [0.15, 0.2) is 6.29 Å². The molecule has 0 aromatic heterocycles. The topological polar surface area (TPSA) is 120 Å². The van der Waals surface area contributed by atoms with Gasteiger partial charge in [-0.1, -0.05) is 32.4 Å². The lowest BCUT2D eigenvalue weighted by atomic mass is 9.54. The summed E-state index contributed by atoms with van der Waals surface area (Å²) in [5, 5.41) is 50.3. The highest BCUT2D eigenvalue weighted by molar-refractivity contribution is 5.20. The van der Waals surface area contributed by atoms with Crippen LogP contribution < -0.4 is 0 Å². The quantitative estimate of drug-likeness (QED) is 0.438. The van der Waals surface area contributed by atoms with Gasteiger partial charge in [-0.2, -0.15) is 0 Å². The van der Waals surface area contributed by atoms with Gasteiger partial charge in [-0.15, -0.1) is 0 Å². The highest BCUT2D eigenvalue weighted by Crippen LogP contribution is 2.54. The molecular formula is C21H36O7. The van der Waals surface area contributed by atoms with Crippen molar-refractivity contribution in [3.63, 3.8) is 0 Å². The average molecular weight is 401 g/mol. The fourth-order valence-corrected chi connectivity index (χ4v) is 5.47. The molecule has 0 spiro atoms. The molecule has 1 aliphatic heterocycles. The Morgan fingerprint density at radius 3 is 2.46 bits per heavy atom. The Balaban J connectivity index is 1.80. The molecule has 0 bridgehead atoms. The van der Waals surface area contributed by atoms with Crippen molar-refractivity contribution < 1.29 is 35.0 Å². The maximum absolute atomic E-state index is 10.7. The van der Waals surface area contributed by atoms with E-state index in [2.05, 4.69) is 33.8 Å². The van der Waals surface area contributed by atoms with Gasteiger partial charge in [0.2, 0.25) is 0 Å². The van der Waals surface area contributed by atoms with Crippen molar-refractivity contribution in [2.75, 3.05) is 6.61 Å². The molecule has 3 rings (SSSR count). The van der Waals surface area contributed by atoms with Gasteiger partial charge < -0.3 is 35.0 Å². The van der Waals surface area contributed by atoms with E-state index in [0.29, 0.717) is 12.3 Å². The molecule has 0 radical (unpaired) electrons. The van der Waals surface area contributed by atoms with E-state index in [9.17, 15) is 25.5 Å². The Kier molecular flexibility index (Phi) is 6.57. The summed E-state index contributed by atoms with van der Waals surface area (Å²) < 4.78 is 11.6. The van der Waals surface area contributed by atoms with Gasteiger partial charge in [0, 0.05) is 11.3 Å². The van der Waals surface area contributed by atoms with Gasteiger partial charge in [-0.3, -0.25) is 0 Å². The van der Waals surface area contributed by atoms with Crippen molar-refractivity contribution in [2.24, 2.45) is 23.2 Å². The van der Waals surface area contributed by atoms with E-state index in [4.69, 9.17) is 9.47 Å². The number of fused-ring (bicyclic) bond motifs is 1. The summed E-state index contributed by atoms with van der Waals surface area (Å²) in [7, 11) is 0. The van der Waals surface area contributed by atoms with Gasteiger partial charge in [-0.25, -0.2) is 0 Å². The zero-order valence-corrected chi connectivity index (χ0v) is 17.2. The summed E-state index contributed by atoms with van der Waals surface area (Å²) in [6, 6.07) is 0. The van der Waals surface area contributed by atoms with Crippen LogP contribution in [0.15, 0.2) is 11.6 Å². The Hall–Kier alpha value is -0.540. The molecule has 0 unspecified atom stereocenters. The Morgan fingerprint density at radius 1 is 1.14 bits per heavy atom. The summed E-state index contributed by atoms with van der Waals surface area (Å²) in [6.07, 6.45) is -2.87. The van der Waals surface area contributed by atoms with E-state index in [1.165, 1.54) is 5.57 Å². The first kappa shape index (κ1) is 22.2. The van der Waals surface area contributed by atoms with Crippen LogP contribution in [0.25, 0.3) is 0 Å². The van der Waals surface area contributed by atoms with Crippen LogP contribution in [0.5, 0.6) is 0 Å². The minimum absolute atomic E-state index is 0.00809. The fourth-order valence-electron chi connectivity index (χ4n) is 5.47. The van der Waals surface area contributed by atoms with Crippen LogP contribution in [0.4, 0.5) is 0 Å². The third kappa shape index (κ3) is 3.78. The van der Waals surface area contributed by atoms with Gasteiger partial charge >= 0.3 is 0 Å². The van der Waals surface area contributed by atoms with Crippen LogP contribution >= 0.6 is 0 Å². The molecule has 1 saturated carbocycles. The molecule has 162 valence electrons. The highest BCUT2D eigenvalue weighted by Gasteiger charge is 2.53. The molecule has 7 nitrogen and oxygen atoms in total. The maximum atomic E-state index is 10.7. The number of ether oxygens (including phenoxy) is 2. The van der Waals surface area contributed by atoms with Crippen LogP contribution in [0.1, 0.15) is 47.0 Å². The van der Waals surface area contributed by atoms with Crippen LogP contribution in [0.2, 0.25) is 0 Å². The SMILES string of the molecule is CC1=CC[C@@H](O)[C@]2(C)CC[C@@H](C(C)C)[C@@H](OC[C@H]3O[C@@H](O)[C@H](O)[C@@H](O)[C@@H]3O)[C@H]12. The molecule has 2 aliphatic carbocycles. The zero-order valence-electron chi connectivity index (χ0n) is 17.2. The molecule has 0 aromatic carbocycles. The second-order valence-electron chi connectivity index (χ2n) is 9.46. The average Bonchev–Trinajstić information content (AvgIpc) is 2.64. The van der Waals surface area contributed by atoms with Crippen molar-refractivity contribution in [1.29, 1.82) is 0 Å². The van der Waals surface area contributed by atoms with Crippen molar-refractivity contribution in [3.05, 3.63) is 11.6 Å². The first-order valence-electron chi connectivity index (χ1n) is 10.4. The van der Waals surface area contributed by atoms with E-state index in [1.54, 1.807) is 0 Å². The van der Waals surface area contributed by atoms with E-state index in [1.807, 2.05) is 0 Å². The van der Waals surface area contributed by atoms with Gasteiger partial charge in [0.1, 0.15) is 24.4 Å². The standard InChI is InChI=1S/C21H36O7/c1-10(2)12-7-8-21(4)14(22)6-5-11(3)15(21)19(12)27-9-13-16(23)17(24)18(25)20(26)28-13/h5,10,12-20,22-26H,6-9H2,1-4H3/t12-,13+,14+,15-,16+,17-,18+,19+,20+,21-/m0/s1. The Bertz CT molecular complexity index is 579. The van der Waals surface area contributed by atoms with E-state index >= 15 is 0 Å². The van der Waals surface area contributed by atoms with Crippen molar-refractivity contribution in [1.82, 2.24) is 0 Å². The van der Waals surface area contributed by atoms with Gasteiger partial charge in [0.05, 0.1) is 18.8 Å². The van der Waals surface area contributed by atoms with Crippen LogP contribution in [0, 0.1) is 23.2 Å². The minimum Gasteiger partial charge on any atom is -0.392 e. The van der Waals surface area contributed by atoms with Gasteiger partial charge in [-0.05, 0) is 38.0 Å². The van der Waals surface area contributed by atoms with Gasteiger partial charge in [0.25, 0.3) is 0 Å². The Labute approximate surface area is 167 Å². The number of aliphatic hydroxyl groups is 5. The molecule has 5 N–H and O–H groups in total. The summed E-state index contributed by atoms with van der Waals surface area (Å²) >= 11 is 0. The molecule has 0 aromatic rings. The lowest BCUT2D eigenvalue weighted by Gasteiger charge is -2.55. The van der Waals surface area contributed by atoms with E-state index < -0.39 is 36.8 Å². The predicted octanol–water partition coefficient (Wildman–Crippen LogP) is 0.571. The first-order chi connectivity index (χ1) is 13.1. The molecule has 0 amide bonds. The zero-order chi connectivity index (χ0) is 20.8. The summed E-state index contributed by atoms with van der Waals surface area (Å²) in [5.41, 5.74) is 0.944. The van der Waals surface area contributed by atoms with E-state index in [0.717, 1.165) is 12.8 Å². The number of aliphatic hydroxyl groups excluding tert-OH is 5. The molecule has 7 heteroatoms. The van der Waals surface area contributed by atoms with Crippen molar-refractivity contribution >= 4 is 0 Å². The first-order valence-corrected chi connectivity index (χ1v) is 10.4. The molecule has 2 fully saturated rings. The molecule has 3 aliphatic rings. The molecular weight excluding hydrogens is 364 g/mol. The lowest BCUT2D eigenvalue weighted by molar-refractivity contribution is -0.293. The predicted molar refractivity (Wildman–Crippen MR) is 102 cm³/mol. The normalized spacial score (nSPS) is 49.6. The number of rotatable bonds is 4. The number of hydrogen-bond donors (Lipinski definition) is 5. The monoisotopic (exact) mass is 400 g/mol. The minimum atomic E-state index is -1.57. The summed E-state index contributed by atoms with van der Waals surface area (Å²) in [5.74, 6) is 0.725. The maximum Gasteiger partial charge on any atom is 0.184 e. The van der Waals surface area contributed by atoms with Crippen LogP contribution in [0.3, 0.4) is 0 Å². The molecule has 1 saturated heterocycles. The third-order valence-corrected chi connectivity index (χ3v) is 7.39. The largest absolute Gasteiger partial charge is 0.392 e. The summed E-state index contributed by atoms with van der Waals surface area (Å²) in [4.78, 5) is 0. The smallest absolute Gasteiger partial charge is 0.184 e. The number of hydrogen-bond acceptors (Lipinski definition) is 7. The van der Waals surface area contributed by atoms with E-state index in [-0.39, 0.29) is 30.0 Å². The highest BCUT2D eigenvalue weighted by atomic mass is 16.6. The second-order valence-corrected chi connectivity index (χ2v) is 9.46. The van der Waals surface area contributed by atoms with Crippen LogP contribution in [-0.4, -0.2) is 75.1 Å². The van der Waals surface area contributed by atoms with Crippen LogP contribution in [-0.2, 0) is 9.47 Å².